The standard InChI is InChI=1S/C10H19N3/c1-10(2,3)8-7-13(5)9(12-8)6-11-4/h7,11H,6H2,1-5H3. The first-order valence-electron chi connectivity index (χ1n) is 4.62. The topological polar surface area (TPSA) is 29.9 Å². The Morgan fingerprint density at radius 3 is 2.46 bits per heavy atom. The van der Waals surface area contributed by atoms with Crippen molar-refractivity contribution in [2.75, 3.05) is 7.05 Å². The minimum Gasteiger partial charge on any atom is -0.337 e. The molecule has 1 aromatic heterocycles. The van der Waals surface area contributed by atoms with Crippen molar-refractivity contribution in [2.45, 2.75) is 32.7 Å². The minimum absolute atomic E-state index is 0.143. The zero-order chi connectivity index (χ0) is 10.1. The SMILES string of the molecule is CNCc1nc(C(C)(C)C)cn1C. The van der Waals surface area contributed by atoms with E-state index in [1.807, 2.05) is 14.1 Å². The van der Waals surface area contributed by atoms with Gasteiger partial charge >= 0.3 is 0 Å². The van der Waals surface area contributed by atoms with Gasteiger partial charge in [0.25, 0.3) is 0 Å². The maximum Gasteiger partial charge on any atom is 0.122 e. The van der Waals surface area contributed by atoms with Crippen molar-refractivity contribution in [3.63, 3.8) is 0 Å². The molecule has 1 heterocycles. The summed E-state index contributed by atoms with van der Waals surface area (Å²) >= 11 is 0. The molecule has 3 nitrogen and oxygen atoms in total. The van der Waals surface area contributed by atoms with Crippen LogP contribution >= 0.6 is 0 Å². The largest absolute Gasteiger partial charge is 0.337 e. The third-order valence-corrected chi connectivity index (χ3v) is 2.08. The molecule has 1 N–H and O–H groups in total. The monoisotopic (exact) mass is 181 g/mol. The highest BCUT2D eigenvalue weighted by atomic mass is 15.1. The quantitative estimate of drug-likeness (QED) is 0.748. The fourth-order valence-corrected chi connectivity index (χ4v) is 1.19. The molecule has 0 radical (unpaired) electrons. The van der Waals surface area contributed by atoms with Gasteiger partial charge in [0.15, 0.2) is 0 Å². The smallest absolute Gasteiger partial charge is 0.122 e. The number of aryl methyl sites for hydroxylation is 1. The summed E-state index contributed by atoms with van der Waals surface area (Å²) in [6.07, 6.45) is 2.10. The summed E-state index contributed by atoms with van der Waals surface area (Å²) in [5.74, 6) is 1.09. The Balaban J connectivity index is 2.95. The van der Waals surface area contributed by atoms with Gasteiger partial charge in [-0.05, 0) is 7.05 Å². The Morgan fingerprint density at radius 2 is 2.08 bits per heavy atom. The van der Waals surface area contributed by atoms with E-state index in [1.54, 1.807) is 0 Å². The van der Waals surface area contributed by atoms with Crippen LogP contribution in [0.2, 0.25) is 0 Å². The summed E-state index contributed by atoms with van der Waals surface area (Å²) in [6, 6.07) is 0. The second-order valence-corrected chi connectivity index (χ2v) is 4.43. The van der Waals surface area contributed by atoms with Gasteiger partial charge < -0.3 is 9.88 Å². The predicted molar refractivity (Wildman–Crippen MR) is 54.7 cm³/mol. The van der Waals surface area contributed by atoms with Gasteiger partial charge in [-0.1, -0.05) is 20.8 Å². The lowest BCUT2D eigenvalue weighted by molar-refractivity contribution is 0.569. The normalized spacial score (nSPS) is 12.1. The summed E-state index contributed by atoms with van der Waals surface area (Å²) in [6.45, 7) is 7.36. The van der Waals surface area contributed by atoms with Crippen LogP contribution in [-0.2, 0) is 19.0 Å². The summed E-state index contributed by atoms with van der Waals surface area (Å²) in [5, 5.41) is 3.11. The first kappa shape index (κ1) is 10.3. The number of hydrogen-bond acceptors (Lipinski definition) is 2. The summed E-state index contributed by atoms with van der Waals surface area (Å²) in [7, 11) is 3.97. The zero-order valence-electron chi connectivity index (χ0n) is 9.18. The average Bonchev–Trinajstić information content (AvgIpc) is 2.32. The number of rotatable bonds is 2. The van der Waals surface area contributed by atoms with Crippen molar-refractivity contribution in [2.24, 2.45) is 7.05 Å². The van der Waals surface area contributed by atoms with Gasteiger partial charge in [-0.25, -0.2) is 4.98 Å². The van der Waals surface area contributed by atoms with Crippen LogP contribution in [0, 0.1) is 0 Å². The average molecular weight is 181 g/mol. The van der Waals surface area contributed by atoms with Crippen molar-refractivity contribution in [1.29, 1.82) is 0 Å². The number of imidazole rings is 1. The molecule has 0 spiro atoms. The van der Waals surface area contributed by atoms with E-state index in [-0.39, 0.29) is 5.41 Å². The summed E-state index contributed by atoms with van der Waals surface area (Å²) < 4.78 is 2.08. The molecule has 74 valence electrons. The third-order valence-electron chi connectivity index (χ3n) is 2.08. The van der Waals surface area contributed by atoms with Crippen LogP contribution in [0.15, 0.2) is 6.20 Å². The Morgan fingerprint density at radius 1 is 1.46 bits per heavy atom. The zero-order valence-corrected chi connectivity index (χ0v) is 9.18. The number of hydrogen-bond donors (Lipinski definition) is 1. The van der Waals surface area contributed by atoms with Crippen LogP contribution in [-0.4, -0.2) is 16.6 Å². The van der Waals surface area contributed by atoms with E-state index >= 15 is 0 Å². The van der Waals surface area contributed by atoms with Gasteiger partial charge in [0, 0.05) is 18.7 Å². The molecule has 13 heavy (non-hydrogen) atoms. The second kappa shape index (κ2) is 3.50. The lowest BCUT2D eigenvalue weighted by Crippen LogP contribution is -2.12. The van der Waals surface area contributed by atoms with E-state index in [2.05, 4.69) is 41.8 Å². The molecule has 0 aliphatic rings. The fraction of sp³-hybridized carbons (Fsp3) is 0.700. The van der Waals surface area contributed by atoms with E-state index in [9.17, 15) is 0 Å². The highest BCUT2D eigenvalue weighted by Gasteiger charge is 2.18. The maximum atomic E-state index is 4.57. The highest BCUT2D eigenvalue weighted by molar-refractivity contribution is 5.12. The molecule has 3 heteroatoms. The van der Waals surface area contributed by atoms with Crippen molar-refractivity contribution < 1.29 is 0 Å². The fourth-order valence-electron chi connectivity index (χ4n) is 1.19. The van der Waals surface area contributed by atoms with Crippen molar-refractivity contribution in [3.8, 4) is 0 Å². The number of nitrogens with zero attached hydrogens (tertiary/aromatic N) is 2. The third kappa shape index (κ3) is 2.31. The minimum atomic E-state index is 0.143. The first-order chi connectivity index (χ1) is 5.95. The molecule has 1 aromatic rings. The van der Waals surface area contributed by atoms with Crippen molar-refractivity contribution in [3.05, 3.63) is 17.7 Å². The molecule has 0 aliphatic heterocycles. The lowest BCUT2D eigenvalue weighted by atomic mass is 9.93. The molecular weight excluding hydrogens is 162 g/mol. The van der Waals surface area contributed by atoms with Gasteiger partial charge in [-0.3, -0.25) is 0 Å². The van der Waals surface area contributed by atoms with Crippen LogP contribution in [0.3, 0.4) is 0 Å². The molecular formula is C10H19N3. The van der Waals surface area contributed by atoms with Crippen LogP contribution in [0.4, 0.5) is 0 Å². The van der Waals surface area contributed by atoms with E-state index in [0.29, 0.717) is 0 Å². The molecule has 0 fully saturated rings. The first-order valence-corrected chi connectivity index (χ1v) is 4.62. The van der Waals surface area contributed by atoms with Gasteiger partial charge in [0.05, 0.1) is 12.2 Å². The number of aromatic nitrogens is 2. The molecule has 0 aliphatic carbocycles. The highest BCUT2D eigenvalue weighted by Crippen LogP contribution is 2.20. The molecule has 0 atom stereocenters. The van der Waals surface area contributed by atoms with Gasteiger partial charge in [0.2, 0.25) is 0 Å². The maximum absolute atomic E-state index is 4.57. The molecule has 0 aromatic carbocycles. The molecule has 0 amide bonds. The summed E-state index contributed by atoms with van der Waals surface area (Å²) in [4.78, 5) is 4.57. The second-order valence-electron chi connectivity index (χ2n) is 4.43. The van der Waals surface area contributed by atoms with Crippen LogP contribution < -0.4 is 5.32 Å². The molecule has 0 saturated heterocycles. The van der Waals surface area contributed by atoms with Gasteiger partial charge in [-0.15, -0.1) is 0 Å². The molecule has 0 bridgehead atoms. The van der Waals surface area contributed by atoms with Crippen LogP contribution in [0.5, 0.6) is 0 Å². The molecule has 0 unspecified atom stereocenters. The Labute approximate surface area is 80.2 Å². The Kier molecular flexibility index (Phi) is 2.76. The summed E-state index contributed by atoms with van der Waals surface area (Å²) in [5.41, 5.74) is 1.30. The van der Waals surface area contributed by atoms with E-state index < -0.39 is 0 Å². The lowest BCUT2D eigenvalue weighted by Gasteiger charge is -2.13. The van der Waals surface area contributed by atoms with E-state index in [4.69, 9.17) is 0 Å². The molecule has 0 saturated carbocycles. The van der Waals surface area contributed by atoms with E-state index in [1.165, 1.54) is 0 Å². The van der Waals surface area contributed by atoms with E-state index in [0.717, 1.165) is 18.1 Å². The van der Waals surface area contributed by atoms with Crippen LogP contribution in [0.1, 0.15) is 32.3 Å². The Hall–Kier alpha value is -0.830. The number of nitrogens with one attached hydrogen (secondary N) is 1. The predicted octanol–water partition coefficient (Wildman–Crippen LogP) is 1.44. The van der Waals surface area contributed by atoms with Gasteiger partial charge in [-0.2, -0.15) is 0 Å². The molecule has 1 rings (SSSR count). The Bertz CT molecular complexity index is 281. The van der Waals surface area contributed by atoms with Crippen molar-refractivity contribution in [1.82, 2.24) is 14.9 Å². The van der Waals surface area contributed by atoms with Crippen molar-refractivity contribution >= 4 is 0 Å². The van der Waals surface area contributed by atoms with Gasteiger partial charge in [0.1, 0.15) is 5.82 Å². The van der Waals surface area contributed by atoms with Crippen LogP contribution in [0.25, 0.3) is 0 Å².